The fourth-order valence-electron chi connectivity index (χ4n) is 3.66. The highest BCUT2D eigenvalue weighted by Crippen LogP contribution is 2.31. The maximum atomic E-state index is 12.4. The van der Waals surface area contributed by atoms with E-state index in [-0.39, 0.29) is 11.9 Å². The largest absolute Gasteiger partial charge is 0.356 e. The van der Waals surface area contributed by atoms with Crippen LogP contribution in [0.25, 0.3) is 0 Å². The number of rotatable bonds is 6. The maximum absolute atomic E-state index is 12.4. The SMILES string of the molecule is O=C(C[C@H]1CN(C2CCC2)Cc2ccnn21)NCCc1cccs1. The van der Waals surface area contributed by atoms with Gasteiger partial charge in [-0.05, 0) is 36.8 Å². The zero-order valence-corrected chi connectivity index (χ0v) is 14.7. The zero-order chi connectivity index (χ0) is 16.4. The summed E-state index contributed by atoms with van der Waals surface area (Å²) < 4.78 is 2.06. The molecule has 1 fully saturated rings. The molecule has 0 radical (unpaired) electrons. The number of hydrogen-bond donors (Lipinski definition) is 1. The van der Waals surface area contributed by atoms with Crippen LogP contribution in [0, 0.1) is 0 Å². The third-order valence-corrected chi connectivity index (χ3v) is 6.13. The topological polar surface area (TPSA) is 50.2 Å². The van der Waals surface area contributed by atoms with Gasteiger partial charge in [-0.2, -0.15) is 5.10 Å². The van der Waals surface area contributed by atoms with Crippen molar-refractivity contribution in [2.45, 2.75) is 50.7 Å². The summed E-state index contributed by atoms with van der Waals surface area (Å²) >= 11 is 1.74. The van der Waals surface area contributed by atoms with Crippen LogP contribution in [0.2, 0.25) is 0 Å². The number of thiophene rings is 1. The summed E-state index contributed by atoms with van der Waals surface area (Å²) in [4.78, 5) is 16.2. The fraction of sp³-hybridized carbons (Fsp3) is 0.556. The predicted molar refractivity (Wildman–Crippen MR) is 95.0 cm³/mol. The van der Waals surface area contributed by atoms with Gasteiger partial charge >= 0.3 is 0 Å². The fourth-order valence-corrected chi connectivity index (χ4v) is 4.37. The molecular formula is C18H24N4OS. The lowest BCUT2D eigenvalue weighted by Gasteiger charge is -2.42. The molecule has 3 heterocycles. The van der Waals surface area contributed by atoms with E-state index in [1.807, 2.05) is 6.20 Å². The molecule has 5 nitrogen and oxygen atoms in total. The molecular weight excluding hydrogens is 320 g/mol. The van der Waals surface area contributed by atoms with Gasteiger partial charge in [-0.3, -0.25) is 14.4 Å². The van der Waals surface area contributed by atoms with Gasteiger partial charge in [-0.1, -0.05) is 12.5 Å². The van der Waals surface area contributed by atoms with Gasteiger partial charge in [0.2, 0.25) is 5.91 Å². The predicted octanol–water partition coefficient (Wildman–Crippen LogP) is 2.60. The maximum Gasteiger partial charge on any atom is 0.222 e. The summed E-state index contributed by atoms with van der Waals surface area (Å²) in [6.45, 7) is 2.63. The third kappa shape index (κ3) is 3.39. The van der Waals surface area contributed by atoms with E-state index in [4.69, 9.17) is 0 Å². The molecule has 4 rings (SSSR count). The zero-order valence-electron chi connectivity index (χ0n) is 13.9. The van der Waals surface area contributed by atoms with Crippen LogP contribution in [0.3, 0.4) is 0 Å². The second-order valence-corrected chi connectivity index (χ2v) is 7.85. The van der Waals surface area contributed by atoms with E-state index in [1.165, 1.54) is 29.8 Å². The van der Waals surface area contributed by atoms with Crippen LogP contribution in [-0.2, 0) is 17.8 Å². The molecule has 1 aliphatic carbocycles. The Balaban J connectivity index is 1.33. The molecule has 2 aliphatic rings. The van der Waals surface area contributed by atoms with Crippen LogP contribution in [0.1, 0.15) is 42.3 Å². The summed E-state index contributed by atoms with van der Waals surface area (Å²) in [6, 6.07) is 7.12. The summed E-state index contributed by atoms with van der Waals surface area (Å²) in [5.41, 5.74) is 1.24. The minimum atomic E-state index is 0.133. The summed E-state index contributed by atoms with van der Waals surface area (Å²) in [5.74, 6) is 0.133. The first-order valence-corrected chi connectivity index (χ1v) is 9.73. The van der Waals surface area contributed by atoms with Gasteiger partial charge in [0.15, 0.2) is 0 Å². The lowest BCUT2D eigenvalue weighted by atomic mass is 9.90. The molecule has 0 spiro atoms. The van der Waals surface area contributed by atoms with Gasteiger partial charge in [0.05, 0.1) is 18.2 Å². The minimum Gasteiger partial charge on any atom is -0.356 e. The van der Waals surface area contributed by atoms with Gasteiger partial charge in [0.25, 0.3) is 0 Å². The second-order valence-electron chi connectivity index (χ2n) is 6.82. The highest BCUT2D eigenvalue weighted by molar-refractivity contribution is 7.09. The Labute approximate surface area is 146 Å². The highest BCUT2D eigenvalue weighted by atomic mass is 32.1. The molecule has 0 bridgehead atoms. The van der Waals surface area contributed by atoms with Crippen molar-refractivity contribution in [1.29, 1.82) is 0 Å². The van der Waals surface area contributed by atoms with Crippen molar-refractivity contribution in [3.05, 3.63) is 40.3 Å². The standard InChI is InChI=1S/C18H24N4OS/c23-18(19-8-7-17-5-2-10-24-17)11-16-13-21(14-3-1-4-14)12-15-6-9-20-22(15)16/h2,5-6,9-10,14,16H,1,3-4,7-8,11-13H2,(H,19,23)/t16-/m0/s1. The summed E-state index contributed by atoms with van der Waals surface area (Å²) in [7, 11) is 0. The van der Waals surface area contributed by atoms with Crippen molar-refractivity contribution >= 4 is 17.2 Å². The molecule has 24 heavy (non-hydrogen) atoms. The van der Waals surface area contributed by atoms with E-state index >= 15 is 0 Å². The van der Waals surface area contributed by atoms with Crippen LogP contribution in [0.4, 0.5) is 0 Å². The van der Waals surface area contributed by atoms with Crippen LogP contribution < -0.4 is 5.32 Å². The number of fused-ring (bicyclic) bond motifs is 1. The van der Waals surface area contributed by atoms with E-state index in [1.54, 1.807) is 11.3 Å². The Hall–Kier alpha value is -1.66. The van der Waals surface area contributed by atoms with Gasteiger partial charge < -0.3 is 5.32 Å². The number of aromatic nitrogens is 2. The Bertz CT molecular complexity index is 677. The number of nitrogens with one attached hydrogen (secondary N) is 1. The van der Waals surface area contributed by atoms with E-state index < -0.39 is 0 Å². The summed E-state index contributed by atoms with van der Waals surface area (Å²) in [6.07, 6.45) is 7.23. The van der Waals surface area contributed by atoms with Crippen LogP contribution in [0.15, 0.2) is 29.8 Å². The van der Waals surface area contributed by atoms with E-state index in [0.29, 0.717) is 19.0 Å². The van der Waals surface area contributed by atoms with E-state index in [9.17, 15) is 4.79 Å². The van der Waals surface area contributed by atoms with Gasteiger partial charge in [0, 0.05) is 36.8 Å². The Kier molecular flexibility index (Phi) is 4.67. The molecule has 1 amide bonds. The van der Waals surface area contributed by atoms with Crippen LogP contribution in [0.5, 0.6) is 0 Å². The molecule has 128 valence electrons. The lowest BCUT2D eigenvalue weighted by molar-refractivity contribution is -0.122. The highest BCUT2D eigenvalue weighted by Gasteiger charge is 2.33. The first-order valence-electron chi connectivity index (χ1n) is 8.85. The first kappa shape index (κ1) is 15.8. The van der Waals surface area contributed by atoms with E-state index in [0.717, 1.165) is 19.5 Å². The normalized spacial score (nSPS) is 21.2. The van der Waals surface area contributed by atoms with Gasteiger partial charge in [-0.25, -0.2) is 0 Å². The summed E-state index contributed by atoms with van der Waals surface area (Å²) in [5, 5.41) is 9.61. The smallest absolute Gasteiger partial charge is 0.222 e. The van der Waals surface area contributed by atoms with Crippen molar-refractivity contribution in [3.8, 4) is 0 Å². The van der Waals surface area contributed by atoms with Gasteiger partial charge in [-0.15, -0.1) is 11.3 Å². The molecule has 0 saturated heterocycles. The molecule has 1 aliphatic heterocycles. The lowest BCUT2D eigenvalue weighted by Crippen LogP contribution is -2.47. The van der Waals surface area contributed by atoms with Crippen molar-refractivity contribution in [3.63, 3.8) is 0 Å². The average Bonchev–Trinajstić information content (AvgIpc) is 3.16. The molecule has 1 N–H and O–H groups in total. The number of amides is 1. The number of carbonyl (C=O) groups is 1. The molecule has 6 heteroatoms. The quantitative estimate of drug-likeness (QED) is 0.876. The monoisotopic (exact) mass is 344 g/mol. The van der Waals surface area contributed by atoms with Crippen molar-refractivity contribution in [2.75, 3.05) is 13.1 Å². The minimum absolute atomic E-state index is 0.133. The molecule has 1 atom stereocenters. The van der Waals surface area contributed by atoms with Gasteiger partial charge in [0.1, 0.15) is 0 Å². The van der Waals surface area contributed by atoms with Crippen LogP contribution in [-0.4, -0.2) is 39.7 Å². The van der Waals surface area contributed by atoms with Crippen molar-refractivity contribution in [2.24, 2.45) is 0 Å². The van der Waals surface area contributed by atoms with Crippen molar-refractivity contribution < 1.29 is 4.79 Å². The average molecular weight is 344 g/mol. The molecule has 0 aromatic carbocycles. The molecule has 1 saturated carbocycles. The Morgan fingerprint density at radius 2 is 2.29 bits per heavy atom. The van der Waals surface area contributed by atoms with Crippen molar-refractivity contribution in [1.82, 2.24) is 20.0 Å². The third-order valence-electron chi connectivity index (χ3n) is 5.19. The number of hydrogen-bond acceptors (Lipinski definition) is 4. The molecule has 2 aromatic rings. The molecule has 0 unspecified atom stereocenters. The Morgan fingerprint density at radius 1 is 1.38 bits per heavy atom. The van der Waals surface area contributed by atoms with Crippen LogP contribution >= 0.6 is 11.3 Å². The first-order chi connectivity index (χ1) is 11.8. The van der Waals surface area contributed by atoms with E-state index in [2.05, 4.69) is 43.6 Å². The number of nitrogens with zero attached hydrogens (tertiary/aromatic N) is 3. The Morgan fingerprint density at radius 3 is 3.04 bits per heavy atom. The molecule has 2 aromatic heterocycles. The second kappa shape index (κ2) is 7.07. The number of carbonyl (C=O) groups excluding carboxylic acids is 1.